The van der Waals surface area contributed by atoms with Gasteiger partial charge in [-0.25, -0.2) is 0 Å². The Bertz CT molecular complexity index is 529. The fraction of sp³-hybridized carbons (Fsp3) is 0.176. The van der Waals surface area contributed by atoms with Crippen LogP contribution in [0.3, 0.4) is 0 Å². The van der Waals surface area contributed by atoms with Gasteiger partial charge in [0.2, 0.25) is 0 Å². The number of nitrogens with zero attached hydrogens (tertiary/aromatic N) is 1. The summed E-state index contributed by atoms with van der Waals surface area (Å²) in [7, 11) is 4.04. The van der Waals surface area contributed by atoms with Crippen molar-refractivity contribution < 1.29 is 5.11 Å². The molecule has 2 aromatic rings. The van der Waals surface area contributed by atoms with Crippen molar-refractivity contribution >= 4 is 11.8 Å². The van der Waals surface area contributed by atoms with Gasteiger partial charge in [0.25, 0.3) is 0 Å². The van der Waals surface area contributed by atoms with Crippen LogP contribution in [0, 0.1) is 0 Å². The van der Waals surface area contributed by atoms with Crippen LogP contribution in [0.2, 0.25) is 0 Å². The molecule has 1 atom stereocenters. The van der Waals surface area contributed by atoms with E-state index in [1.807, 2.05) is 62.6 Å². The summed E-state index contributed by atoms with van der Waals surface area (Å²) in [5.41, 5.74) is 3.16. The minimum atomic E-state index is -0.560. The third-order valence-corrected chi connectivity index (χ3v) is 3.02. The molecule has 1 N–H and O–H groups in total. The minimum absolute atomic E-state index is 0.560. The predicted molar refractivity (Wildman–Crippen MR) is 81.2 cm³/mol. The van der Waals surface area contributed by atoms with Crippen LogP contribution >= 0.6 is 0 Å². The summed E-state index contributed by atoms with van der Waals surface area (Å²) in [5, 5.41) is 10.0. The van der Waals surface area contributed by atoms with Gasteiger partial charge in [-0.15, -0.1) is 0 Å². The molecular weight excluding hydrogens is 234 g/mol. The summed E-state index contributed by atoms with van der Waals surface area (Å²) in [6.07, 6.45) is 3.19. The summed E-state index contributed by atoms with van der Waals surface area (Å²) < 4.78 is 0. The molecular formula is C17H19NO. The van der Waals surface area contributed by atoms with Crippen LogP contribution < -0.4 is 4.90 Å². The Hall–Kier alpha value is -2.06. The van der Waals surface area contributed by atoms with Gasteiger partial charge in [0.05, 0.1) is 6.10 Å². The van der Waals surface area contributed by atoms with Gasteiger partial charge in [0, 0.05) is 19.8 Å². The standard InChI is InChI=1S/C17H19NO/c1-18(2)16-11-8-14(9-12-16)10-13-17(19)15-6-4-3-5-7-15/h3-13,17,19H,1-2H3/b13-10-. The average molecular weight is 253 g/mol. The molecule has 0 aliphatic carbocycles. The van der Waals surface area contributed by atoms with Gasteiger partial charge in [-0.3, -0.25) is 0 Å². The number of anilines is 1. The molecule has 2 rings (SSSR count). The maximum Gasteiger partial charge on any atom is 0.0975 e. The quantitative estimate of drug-likeness (QED) is 0.901. The fourth-order valence-electron chi connectivity index (χ4n) is 1.85. The highest BCUT2D eigenvalue weighted by Crippen LogP contribution is 2.17. The number of aliphatic hydroxyl groups is 1. The number of aliphatic hydroxyl groups excluding tert-OH is 1. The lowest BCUT2D eigenvalue weighted by atomic mass is 10.1. The van der Waals surface area contributed by atoms with Crippen molar-refractivity contribution in [1.29, 1.82) is 0 Å². The number of rotatable bonds is 4. The van der Waals surface area contributed by atoms with E-state index in [0.717, 1.165) is 11.1 Å². The van der Waals surface area contributed by atoms with E-state index >= 15 is 0 Å². The largest absolute Gasteiger partial charge is 0.384 e. The zero-order chi connectivity index (χ0) is 13.7. The molecule has 0 radical (unpaired) electrons. The van der Waals surface area contributed by atoms with Crippen molar-refractivity contribution in [2.24, 2.45) is 0 Å². The number of hydrogen-bond acceptors (Lipinski definition) is 2. The Kier molecular flexibility index (Phi) is 4.37. The summed E-state index contributed by atoms with van der Waals surface area (Å²) in [4.78, 5) is 2.06. The first-order valence-electron chi connectivity index (χ1n) is 6.35. The summed E-state index contributed by atoms with van der Waals surface area (Å²) in [6.45, 7) is 0. The summed E-state index contributed by atoms with van der Waals surface area (Å²) >= 11 is 0. The van der Waals surface area contributed by atoms with Crippen molar-refractivity contribution in [2.75, 3.05) is 19.0 Å². The van der Waals surface area contributed by atoms with Crippen LogP contribution in [0.25, 0.3) is 6.08 Å². The van der Waals surface area contributed by atoms with Crippen molar-refractivity contribution in [3.8, 4) is 0 Å². The van der Waals surface area contributed by atoms with E-state index < -0.39 is 6.10 Å². The molecule has 2 heteroatoms. The molecule has 0 heterocycles. The highest BCUT2D eigenvalue weighted by Gasteiger charge is 2.01. The molecule has 0 aliphatic heterocycles. The second-order valence-corrected chi connectivity index (χ2v) is 4.70. The van der Waals surface area contributed by atoms with Crippen molar-refractivity contribution in [2.45, 2.75) is 6.10 Å². The van der Waals surface area contributed by atoms with Gasteiger partial charge in [-0.2, -0.15) is 0 Å². The second kappa shape index (κ2) is 6.21. The van der Waals surface area contributed by atoms with Crippen molar-refractivity contribution in [3.63, 3.8) is 0 Å². The van der Waals surface area contributed by atoms with E-state index in [4.69, 9.17) is 0 Å². The lowest BCUT2D eigenvalue weighted by Crippen LogP contribution is -2.07. The summed E-state index contributed by atoms with van der Waals surface area (Å²) in [5.74, 6) is 0. The van der Waals surface area contributed by atoms with Gasteiger partial charge < -0.3 is 10.0 Å². The van der Waals surface area contributed by atoms with Crippen molar-refractivity contribution in [3.05, 3.63) is 71.8 Å². The van der Waals surface area contributed by atoms with Gasteiger partial charge in [0.15, 0.2) is 0 Å². The monoisotopic (exact) mass is 253 g/mol. The molecule has 19 heavy (non-hydrogen) atoms. The molecule has 2 nitrogen and oxygen atoms in total. The lowest BCUT2D eigenvalue weighted by Gasteiger charge is -2.12. The van der Waals surface area contributed by atoms with Crippen LogP contribution in [0.5, 0.6) is 0 Å². The maximum absolute atomic E-state index is 10.0. The molecule has 2 aromatic carbocycles. The van der Waals surface area contributed by atoms with Gasteiger partial charge in [-0.1, -0.05) is 54.6 Å². The Balaban J connectivity index is 2.06. The smallest absolute Gasteiger partial charge is 0.0975 e. The van der Waals surface area contributed by atoms with Gasteiger partial charge in [0.1, 0.15) is 0 Å². The van der Waals surface area contributed by atoms with E-state index in [-0.39, 0.29) is 0 Å². The molecule has 0 fully saturated rings. The van der Waals surface area contributed by atoms with Crippen LogP contribution in [0.1, 0.15) is 17.2 Å². The first-order chi connectivity index (χ1) is 9.16. The van der Waals surface area contributed by atoms with Gasteiger partial charge >= 0.3 is 0 Å². The zero-order valence-electron chi connectivity index (χ0n) is 11.3. The van der Waals surface area contributed by atoms with E-state index in [1.165, 1.54) is 5.69 Å². The van der Waals surface area contributed by atoms with Crippen molar-refractivity contribution in [1.82, 2.24) is 0 Å². The minimum Gasteiger partial charge on any atom is -0.384 e. The zero-order valence-corrected chi connectivity index (χ0v) is 11.3. The third-order valence-electron chi connectivity index (χ3n) is 3.02. The summed E-state index contributed by atoms with van der Waals surface area (Å²) in [6, 6.07) is 17.9. The Morgan fingerprint density at radius 1 is 0.947 bits per heavy atom. The topological polar surface area (TPSA) is 23.5 Å². The lowest BCUT2D eigenvalue weighted by molar-refractivity contribution is 0.229. The number of benzene rings is 2. The van der Waals surface area contributed by atoms with Crippen LogP contribution in [-0.4, -0.2) is 19.2 Å². The molecule has 0 spiro atoms. The average Bonchev–Trinajstić information content (AvgIpc) is 2.46. The molecule has 0 aliphatic rings. The molecule has 0 saturated carbocycles. The SMILES string of the molecule is CN(C)c1ccc(/C=C\C(O)c2ccccc2)cc1. The first-order valence-corrected chi connectivity index (χ1v) is 6.35. The first kappa shape index (κ1) is 13.4. The van der Waals surface area contributed by atoms with Crippen LogP contribution in [0.4, 0.5) is 5.69 Å². The Morgan fingerprint density at radius 2 is 1.58 bits per heavy atom. The normalized spacial score (nSPS) is 12.6. The second-order valence-electron chi connectivity index (χ2n) is 4.70. The Morgan fingerprint density at radius 3 is 2.16 bits per heavy atom. The molecule has 98 valence electrons. The Labute approximate surface area is 114 Å². The molecule has 0 saturated heterocycles. The molecule has 0 aromatic heterocycles. The van der Waals surface area contributed by atoms with E-state index in [1.54, 1.807) is 6.08 Å². The molecule has 0 bridgehead atoms. The molecule has 0 amide bonds. The van der Waals surface area contributed by atoms with Gasteiger partial charge in [-0.05, 0) is 23.3 Å². The van der Waals surface area contributed by atoms with E-state index in [0.29, 0.717) is 0 Å². The maximum atomic E-state index is 10.0. The van der Waals surface area contributed by atoms with E-state index in [2.05, 4.69) is 17.0 Å². The van der Waals surface area contributed by atoms with Crippen LogP contribution in [-0.2, 0) is 0 Å². The highest BCUT2D eigenvalue weighted by atomic mass is 16.3. The van der Waals surface area contributed by atoms with Crippen LogP contribution in [0.15, 0.2) is 60.7 Å². The predicted octanol–water partition coefficient (Wildman–Crippen LogP) is 3.50. The van der Waals surface area contributed by atoms with E-state index in [9.17, 15) is 5.11 Å². The third kappa shape index (κ3) is 3.70. The number of hydrogen-bond donors (Lipinski definition) is 1. The molecule has 1 unspecified atom stereocenters. The fourth-order valence-corrected chi connectivity index (χ4v) is 1.85. The highest BCUT2D eigenvalue weighted by molar-refractivity contribution is 5.56.